The van der Waals surface area contributed by atoms with Crippen LogP contribution in [0.1, 0.15) is 32.6 Å². The molecule has 4 aromatic rings. The van der Waals surface area contributed by atoms with Crippen LogP contribution in [0.4, 0.5) is 11.8 Å². The predicted molar refractivity (Wildman–Crippen MR) is 149 cm³/mol. The number of benzene rings is 2. The summed E-state index contributed by atoms with van der Waals surface area (Å²) >= 11 is 0. The number of hydrogen-bond donors (Lipinski definition) is 4. The summed E-state index contributed by atoms with van der Waals surface area (Å²) in [6.45, 7) is -0.126. The average Bonchev–Trinajstić information content (AvgIpc) is 2.90. The summed E-state index contributed by atoms with van der Waals surface area (Å²) in [5.41, 5.74) is 13.7. The van der Waals surface area contributed by atoms with Gasteiger partial charge in [-0.1, -0.05) is 11.8 Å². The number of carboxylic acids is 1. The molecule has 11 nitrogen and oxygen atoms in total. The highest BCUT2D eigenvalue weighted by Crippen LogP contribution is 2.33. The number of aromatic carboxylic acids is 1. The number of rotatable bonds is 7. The van der Waals surface area contributed by atoms with E-state index in [1.807, 2.05) is 12.1 Å². The summed E-state index contributed by atoms with van der Waals surface area (Å²) < 4.78 is 12.6. The molecule has 0 atom stereocenters. The summed E-state index contributed by atoms with van der Waals surface area (Å²) in [6.07, 6.45) is 3.19. The number of hydrogen-bond acceptors (Lipinski definition) is 9. The Labute approximate surface area is 229 Å². The highest BCUT2D eigenvalue weighted by Gasteiger charge is 2.16. The van der Waals surface area contributed by atoms with Gasteiger partial charge in [0.05, 0.1) is 31.9 Å². The fourth-order valence-electron chi connectivity index (χ4n) is 4.06. The molecule has 4 rings (SSSR count). The van der Waals surface area contributed by atoms with Crippen molar-refractivity contribution in [2.45, 2.75) is 13.0 Å². The van der Waals surface area contributed by atoms with E-state index in [1.165, 1.54) is 31.0 Å². The number of ether oxygens (including phenoxy) is 2. The summed E-state index contributed by atoms with van der Waals surface area (Å²) in [5.74, 6) is 6.11. The number of methoxy groups -OCH3 is 2. The largest absolute Gasteiger partial charge is 0.493 e. The molecule has 0 aliphatic heterocycles. The minimum absolute atomic E-state index is 0. The van der Waals surface area contributed by atoms with E-state index in [1.54, 1.807) is 18.3 Å². The number of aliphatic hydroxyl groups excluding tert-OH is 1. The summed E-state index contributed by atoms with van der Waals surface area (Å²) in [4.78, 5) is 32.2. The van der Waals surface area contributed by atoms with Gasteiger partial charge in [-0.3, -0.25) is 4.79 Å². The van der Waals surface area contributed by atoms with Gasteiger partial charge in [0, 0.05) is 41.9 Å². The second-order valence-corrected chi connectivity index (χ2v) is 8.27. The molecule has 0 saturated heterocycles. The van der Waals surface area contributed by atoms with Crippen LogP contribution in [0.3, 0.4) is 0 Å². The van der Waals surface area contributed by atoms with Gasteiger partial charge in [-0.2, -0.15) is 4.98 Å². The van der Waals surface area contributed by atoms with E-state index in [4.69, 9.17) is 20.9 Å². The van der Waals surface area contributed by atoms with Gasteiger partial charge in [0.15, 0.2) is 11.5 Å². The minimum atomic E-state index is -1.33. The predicted octanol–water partition coefficient (Wildman–Crippen LogP) is 2.08. The number of halogens is 1. The molecule has 202 valence electrons. The highest BCUT2D eigenvalue weighted by atomic mass is 35.5. The van der Waals surface area contributed by atoms with Gasteiger partial charge in [0.2, 0.25) is 11.4 Å². The van der Waals surface area contributed by atoms with Crippen molar-refractivity contribution < 1.29 is 24.5 Å². The quantitative estimate of drug-likeness (QED) is 0.249. The summed E-state index contributed by atoms with van der Waals surface area (Å²) in [6, 6.07) is 8.48. The average molecular weight is 552 g/mol. The third-order valence-corrected chi connectivity index (χ3v) is 5.84. The van der Waals surface area contributed by atoms with Crippen LogP contribution in [-0.2, 0) is 13.0 Å². The fourth-order valence-corrected chi connectivity index (χ4v) is 4.06. The Hall–Kier alpha value is -4.79. The molecule has 0 unspecified atom stereocenters. The fraction of sp³-hybridized carbons (Fsp3) is 0.185. The second-order valence-electron chi connectivity index (χ2n) is 8.27. The van der Waals surface area contributed by atoms with Crippen molar-refractivity contribution in [2.75, 3.05) is 32.3 Å². The standard InChI is InChI=1S/C27H25N5O6.ClH/c1-37-22-12-16(10-18-13-30-27(29)31-25(18)28)9-17(24(22)38-2)5-3-15-4-6-19-21(11-15)32(7-8-33)14-20(23(19)34)26(35)36;/h4,6,9,11-14,33H,7-8,10H2,1-2H3,(H,35,36)(H4,28,29,30,31);1H. The third kappa shape index (κ3) is 6.04. The Balaban J connectivity index is 0.00000420. The number of aromatic nitrogens is 3. The smallest absolute Gasteiger partial charge is 0.341 e. The second kappa shape index (κ2) is 12.2. The molecule has 0 amide bonds. The van der Waals surface area contributed by atoms with Crippen LogP contribution < -0.4 is 26.4 Å². The molecule has 0 aliphatic rings. The van der Waals surface area contributed by atoms with Gasteiger partial charge in [0.1, 0.15) is 11.4 Å². The number of aliphatic hydroxyl groups is 1. The van der Waals surface area contributed by atoms with Crippen LogP contribution in [0.2, 0.25) is 0 Å². The van der Waals surface area contributed by atoms with Gasteiger partial charge in [0.25, 0.3) is 0 Å². The lowest BCUT2D eigenvalue weighted by molar-refractivity contribution is 0.0694. The maximum Gasteiger partial charge on any atom is 0.341 e. The van der Waals surface area contributed by atoms with Crippen LogP contribution in [0.15, 0.2) is 47.5 Å². The first-order chi connectivity index (χ1) is 18.2. The van der Waals surface area contributed by atoms with Gasteiger partial charge < -0.3 is 35.7 Å². The summed E-state index contributed by atoms with van der Waals surface area (Å²) in [7, 11) is 3.03. The van der Waals surface area contributed by atoms with Gasteiger partial charge in [-0.25, -0.2) is 9.78 Å². The zero-order valence-corrected chi connectivity index (χ0v) is 21.9. The lowest BCUT2D eigenvalue weighted by atomic mass is 10.0. The number of nitrogens with zero attached hydrogens (tertiary/aromatic N) is 3. The van der Waals surface area contributed by atoms with Crippen LogP contribution in [0.25, 0.3) is 10.9 Å². The number of carbonyl (C=O) groups is 1. The van der Waals surface area contributed by atoms with Crippen LogP contribution in [-0.4, -0.2) is 51.5 Å². The molecule has 12 heteroatoms. The number of pyridine rings is 1. The van der Waals surface area contributed by atoms with Crippen molar-refractivity contribution in [3.8, 4) is 23.3 Å². The van der Waals surface area contributed by atoms with E-state index < -0.39 is 11.4 Å². The Morgan fingerprint density at radius 1 is 1.13 bits per heavy atom. The Bertz CT molecular complexity index is 1680. The van der Waals surface area contributed by atoms with E-state index in [2.05, 4.69) is 21.8 Å². The highest BCUT2D eigenvalue weighted by molar-refractivity contribution is 5.93. The molecule has 6 N–H and O–H groups in total. The third-order valence-electron chi connectivity index (χ3n) is 5.84. The topological polar surface area (TPSA) is 176 Å². The van der Waals surface area contributed by atoms with Crippen molar-refractivity contribution in [3.05, 3.63) is 80.8 Å². The first-order valence-electron chi connectivity index (χ1n) is 11.4. The molecule has 0 spiro atoms. The molecule has 2 heterocycles. The minimum Gasteiger partial charge on any atom is -0.493 e. The zero-order chi connectivity index (χ0) is 27.4. The van der Waals surface area contributed by atoms with E-state index in [0.29, 0.717) is 40.1 Å². The first kappa shape index (κ1) is 28.8. The molecule has 0 radical (unpaired) electrons. The normalized spacial score (nSPS) is 10.3. The number of anilines is 2. The molecule has 2 aromatic heterocycles. The number of carboxylic acid groups (broad SMARTS) is 1. The Morgan fingerprint density at radius 3 is 2.54 bits per heavy atom. The van der Waals surface area contributed by atoms with Gasteiger partial charge in [-0.15, -0.1) is 12.4 Å². The lowest BCUT2D eigenvalue weighted by Gasteiger charge is -2.13. The molecule has 0 fully saturated rings. The van der Waals surface area contributed by atoms with E-state index in [-0.39, 0.29) is 48.3 Å². The van der Waals surface area contributed by atoms with E-state index in [9.17, 15) is 19.8 Å². The molecule has 39 heavy (non-hydrogen) atoms. The zero-order valence-electron chi connectivity index (χ0n) is 21.1. The number of nitrogens with two attached hydrogens (primary N) is 2. The molecular formula is C27H26ClN5O6. The van der Waals surface area contributed by atoms with Crippen LogP contribution in [0.5, 0.6) is 11.5 Å². The van der Waals surface area contributed by atoms with Crippen molar-refractivity contribution in [1.82, 2.24) is 14.5 Å². The molecular weight excluding hydrogens is 526 g/mol. The molecule has 0 saturated carbocycles. The van der Waals surface area contributed by atoms with Crippen molar-refractivity contribution >= 4 is 41.0 Å². The van der Waals surface area contributed by atoms with Crippen LogP contribution in [0, 0.1) is 11.8 Å². The maximum atomic E-state index is 12.7. The Kier molecular flexibility index (Phi) is 8.98. The monoisotopic (exact) mass is 551 g/mol. The molecule has 0 aliphatic carbocycles. The van der Waals surface area contributed by atoms with Crippen LogP contribution >= 0.6 is 12.4 Å². The molecule has 0 bridgehead atoms. The number of nitrogen functional groups attached to an aromatic ring is 2. The van der Waals surface area contributed by atoms with Gasteiger partial charge in [-0.05, 0) is 35.9 Å². The SMILES string of the molecule is COc1cc(Cc2cnc(N)nc2N)cc(C#Cc2ccc3c(=O)c(C(=O)O)cn(CCO)c3c2)c1OC.Cl. The van der Waals surface area contributed by atoms with Crippen molar-refractivity contribution in [1.29, 1.82) is 0 Å². The molecule has 2 aromatic carbocycles. The maximum absolute atomic E-state index is 12.7. The lowest BCUT2D eigenvalue weighted by Crippen LogP contribution is -2.19. The van der Waals surface area contributed by atoms with Crippen molar-refractivity contribution in [3.63, 3.8) is 0 Å². The first-order valence-corrected chi connectivity index (χ1v) is 11.4. The Morgan fingerprint density at radius 2 is 1.90 bits per heavy atom. The van der Waals surface area contributed by atoms with E-state index in [0.717, 1.165) is 5.56 Å². The van der Waals surface area contributed by atoms with E-state index >= 15 is 0 Å². The van der Waals surface area contributed by atoms with Gasteiger partial charge >= 0.3 is 5.97 Å². The summed E-state index contributed by atoms with van der Waals surface area (Å²) in [5, 5.41) is 19.0. The number of fused-ring (bicyclic) bond motifs is 1. The van der Waals surface area contributed by atoms with Crippen molar-refractivity contribution in [2.24, 2.45) is 0 Å².